The van der Waals surface area contributed by atoms with E-state index in [-0.39, 0.29) is 17.3 Å². The fourth-order valence-corrected chi connectivity index (χ4v) is 5.82. The zero-order valence-corrected chi connectivity index (χ0v) is 22.3. The van der Waals surface area contributed by atoms with Crippen molar-refractivity contribution in [3.63, 3.8) is 0 Å². The van der Waals surface area contributed by atoms with Crippen LogP contribution in [0.3, 0.4) is 0 Å². The molecule has 1 amide bonds. The van der Waals surface area contributed by atoms with Crippen LogP contribution in [0.15, 0.2) is 36.8 Å². The van der Waals surface area contributed by atoms with Crippen LogP contribution in [-0.4, -0.2) is 56.7 Å². The number of carbonyl (C=O) groups excluding carboxylic acids is 1. The number of rotatable bonds is 6. The molecule has 0 bridgehead atoms. The summed E-state index contributed by atoms with van der Waals surface area (Å²) < 4.78 is 66.2. The predicted molar refractivity (Wildman–Crippen MR) is 136 cm³/mol. The summed E-state index contributed by atoms with van der Waals surface area (Å²) in [5, 5.41) is 6.45. The van der Waals surface area contributed by atoms with Crippen molar-refractivity contribution in [2.75, 3.05) is 18.4 Å². The average molecular weight is 551 g/mol. The first-order valence-electron chi connectivity index (χ1n) is 12.1. The van der Waals surface area contributed by atoms with Gasteiger partial charge in [0.2, 0.25) is 10.0 Å². The molecule has 204 valence electrons. The summed E-state index contributed by atoms with van der Waals surface area (Å²) in [6.07, 6.45) is 0.457. The maximum atomic E-state index is 12.9. The van der Waals surface area contributed by atoms with E-state index in [4.69, 9.17) is 0 Å². The molecule has 0 unspecified atom stereocenters. The number of sulfonamides is 1. The van der Waals surface area contributed by atoms with Gasteiger partial charge in [0, 0.05) is 30.9 Å². The number of aryl methyl sites for hydroxylation is 1. The summed E-state index contributed by atoms with van der Waals surface area (Å²) in [6.45, 7) is 7.77. The second-order valence-electron chi connectivity index (χ2n) is 9.61. The van der Waals surface area contributed by atoms with Crippen LogP contribution in [0.5, 0.6) is 0 Å². The number of alkyl halides is 3. The van der Waals surface area contributed by atoms with E-state index in [9.17, 15) is 26.4 Å². The number of aromatic nitrogens is 4. The van der Waals surface area contributed by atoms with E-state index in [1.165, 1.54) is 16.9 Å². The van der Waals surface area contributed by atoms with Crippen LogP contribution in [0.2, 0.25) is 0 Å². The van der Waals surface area contributed by atoms with Crippen LogP contribution >= 0.6 is 0 Å². The molecule has 1 saturated heterocycles. The van der Waals surface area contributed by atoms with E-state index in [2.05, 4.69) is 20.4 Å². The van der Waals surface area contributed by atoms with Gasteiger partial charge in [-0.25, -0.2) is 22.4 Å². The molecular formula is C25H29F3N6O3S. The molecule has 0 aromatic carbocycles. The Bertz CT molecular complexity index is 1430. The van der Waals surface area contributed by atoms with Crippen LogP contribution in [0.1, 0.15) is 65.5 Å². The minimum atomic E-state index is -4.50. The number of nitrogens with one attached hydrogen (secondary N) is 1. The van der Waals surface area contributed by atoms with Crippen molar-refractivity contribution in [2.24, 2.45) is 0 Å². The molecule has 13 heteroatoms. The number of nitrogens with zero attached hydrogens (tertiary/aromatic N) is 5. The highest BCUT2D eigenvalue weighted by Crippen LogP contribution is 2.32. The first-order valence-corrected chi connectivity index (χ1v) is 13.6. The van der Waals surface area contributed by atoms with Gasteiger partial charge in [-0.1, -0.05) is 0 Å². The number of anilines is 1. The van der Waals surface area contributed by atoms with Gasteiger partial charge >= 0.3 is 6.18 Å². The maximum Gasteiger partial charge on any atom is 0.417 e. The minimum Gasteiger partial charge on any atom is -0.320 e. The van der Waals surface area contributed by atoms with Gasteiger partial charge in [-0.05, 0) is 64.3 Å². The summed E-state index contributed by atoms with van der Waals surface area (Å²) in [5.41, 5.74) is 2.03. The van der Waals surface area contributed by atoms with E-state index in [1.807, 2.05) is 13.0 Å². The Morgan fingerprint density at radius 2 is 1.76 bits per heavy atom. The lowest BCUT2D eigenvalue weighted by Gasteiger charge is -2.32. The molecule has 4 heterocycles. The first kappa shape index (κ1) is 27.7. The third-order valence-electron chi connectivity index (χ3n) is 6.72. The highest BCUT2D eigenvalue weighted by molar-refractivity contribution is 7.89. The summed E-state index contributed by atoms with van der Waals surface area (Å²) in [6, 6.07) is 3.92. The number of piperidine rings is 1. The largest absolute Gasteiger partial charge is 0.417 e. The van der Waals surface area contributed by atoms with E-state index in [1.54, 1.807) is 31.3 Å². The van der Waals surface area contributed by atoms with Crippen molar-refractivity contribution < 1.29 is 26.4 Å². The Balaban J connectivity index is 1.43. The lowest BCUT2D eigenvalue weighted by atomic mass is 9.91. The topological polar surface area (TPSA) is 110 Å². The standard InChI is InChI=1S/C25H29F3N6O3S/c1-15(2)38(36,37)33-9-7-18(8-10-33)23-16(3)11-20(13-30-23)32-24(35)21-14-31-34(17(21)4)22-6-5-19(12-29-22)25(26,27)28/h5-6,11-15,18H,7-10H2,1-4H3,(H,32,35). The zero-order valence-electron chi connectivity index (χ0n) is 21.5. The maximum absolute atomic E-state index is 12.9. The Morgan fingerprint density at radius 3 is 2.32 bits per heavy atom. The molecule has 0 atom stereocenters. The molecule has 1 N–H and O–H groups in total. The van der Waals surface area contributed by atoms with Crippen molar-refractivity contribution in [3.8, 4) is 5.82 Å². The molecule has 1 aliphatic heterocycles. The fourth-order valence-electron chi connectivity index (χ4n) is 4.50. The second kappa shape index (κ2) is 10.4. The second-order valence-corrected chi connectivity index (χ2v) is 12.1. The number of hydrogen-bond donors (Lipinski definition) is 1. The molecule has 0 spiro atoms. The number of amides is 1. The average Bonchev–Trinajstić information content (AvgIpc) is 3.25. The van der Waals surface area contributed by atoms with Crippen LogP contribution in [-0.2, 0) is 16.2 Å². The molecule has 3 aromatic heterocycles. The van der Waals surface area contributed by atoms with Gasteiger partial charge in [-0.3, -0.25) is 9.78 Å². The van der Waals surface area contributed by atoms with Gasteiger partial charge in [0.1, 0.15) is 0 Å². The highest BCUT2D eigenvalue weighted by atomic mass is 32.2. The monoisotopic (exact) mass is 550 g/mol. The summed E-state index contributed by atoms with van der Waals surface area (Å²) >= 11 is 0. The fraction of sp³-hybridized carbons (Fsp3) is 0.440. The van der Waals surface area contributed by atoms with E-state index in [0.29, 0.717) is 37.3 Å². The summed E-state index contributed by atoms with van der Waals surface area (Å²) in [7, 11) is -3.28. The Hall–Kier alpha value is -3.32. The molecule has 0 aliphatic carbocycles. The molecule has 3 aromatic rings. The van der Waals surface area contributed by atoms with Crippen molar-refractivity contribution in [3.05, 3.63) is 64.9 Å². The van der Waals surface area contributed by atoms with Crippen molar-refractivity contribution in [1.82, 2.24) is 24.1 Å². The van der Waals surface area contributed by atoms with Crippen LogP contribution in [0.4, 0.5) is 18.9 Å². The van der Waals surface area contributed by atoms with Gasteiger partial charge < -0.3 is 5.32 Å². The normalized spacial score (nSPS) is 15.7. The van der Waals surface area contributed by atoms with Crippen molar-refractivity contribution in [1.29, 1.82) is 0 Å². The number of pyridine rings is 2. The minimum absolute atomic E-state index is 0.120. The first-order chi connectivity index (χ1) is 17.8. The number of halogens is 3. The van der Waals surface area contributed by atoms with Crippen molar-refractivity contribution >= 4 is 21.6 Å². The molecule has 4 rings (SSSR count). The predicted octanol–water partition coefficient (Wildman–Crippen LogP) is 4.47. The van der Waals surface area contributed by atoms with E-state index < -0.39 is 32.9 Å². The van der Waals surface area contributed by atoms with Gasteiger partial charge in [-0.2, -0.15) is 18.3 Å². The van der Waals surface area contributed by atoms with Crippen LogP contribution in [0, 0.1) is 13.8 Å². The van der Waals surface area contributed by atoms with Gasteiger partial charge in [0.25, 0.3) is 5.91 Å². The van der Waals surface area contributed by atoms with E-state index in [0.717, 1.165) is 23.5 Å². The molecule has 0 saturated carbocycles. The smallest absolute Gasteiger partial charge is 0.320 e. The molecule has 1 aliphatic rings. The Labute approximate surface area is 219 Å². The Morgan fingerprint density at radius 1 is 1.08 bits per heavy atom. The number of carbonyl (C=O) groups is 1. The summed E-state index contributed by atoms with van der Waals surface area (Å²) in [5.74, 6) is -0.166. The van der Waals surface area contributed by atoms with E-state index >= 15 is 0 Å². The molecule has 1 fully saturated rings. The zero-order chi connectivity index (χ0) is 27.8. The SMILES string of the molecule is Cc1cc(NC(=O)c2cnn(-c3ccc(C(F)(F)F)cn3)c2C)cnc1C1CCN(S(=O)(=O)C(C)C)CC1. The number of hydrogen-bond acceptors (Lipinski definition) is 6. The molecule has 0 radical (unpaired) electrons. The van der Waals surface area contributed by atoms with Crippen molar-refractivity contribution in [2.45, 2.75) is 57.9 Å². The van der Waals surface area contributed by atoms with Gasteiger partial charge in [-0.15, -0.1) is 0 Å². The molecule has 9 nitrogen and oxygen atoms in total. The summed E-state index contributed by atoms with van der Waals surface area (Å²) in [4.78, 5) is 21.3. The molecular weight excluding hydrogens is 521 g/mol. The van der Waals surface area contributed by atoms with Crippen LogP contribution < -0.4 is 5.32 Å². The van der Waals surface area contributed by atoms with Gasteiger partial charge in [0.05, 0.1) is 40.2 Å². The quantitative estimate of drug-likeness (QED) is 0.485. The van der Waals surface area contributed by atoms with Gasteiger partial charge in [0.15, 0.2) is 5.82 Å². The lowest BCUT2D eigenvalue weighted by molar-refractivity contribution is -0.137. The third kappa shape index (κ3) is 5.58. The molecule has 38 heavy (non-hydrogen) atoms. The third-order valence-corrected chi connectivity index (χ3v) is 9.00. The Kier molecular flexibility index (Phi) is 7.62. The van der Waals surface area contributed by atoms with Crippen LogP contribution in [0.25, 0.3) is 5.82 Å². The highest BCUT2D eigenvalue weighted by Gasteiger charge is 2.32. The lowest BCUT2D eigenvalue weighted by Crippen LogP contribution is -2.41.